The largest absolute Gasteiger partial charge is 0.338 e. The smallest absolute Gasteiger partial charge is 0.329 e. The highest BCUT2D eigenvalue weighted by Gasteiger charge is 2.37. The number of benzene rings is 1. The molecule has 2 aliphatic heterocycles. The molecule has 28 heavy (non-hydrogen) atoms. The number of nitrogens with one attached hydrogen (secondary N) is 2. The number of piperidine rings is 1. The van der Waals surface area contributed by atoms with E-state index < -0.39 is 12.1 Å². The van der Waals surface area contributed by atoms with E-state index in [1.807, 2.05) is 0 Å². The van der Waals surface area contributed by atoms with Gasteiger partial charge >= 0.3 is 6.03 Å². The van der Waals surface area contributed by atoms with Crippen molar-refractivity contribution in [1.82, 2.24) is 10.2 Å². The first-order valence-corrected chi connectivity index (χ1v) is 9.29. The first kappa shape index (κ1) is 19.6. The number of likely N-dealkylation sites (tertiary alicyclic amines) is 1. The van der Waals surface area contributed by atoms with Crippen LogP contribution < -0.4 is 15.5 Å². The maximum absolute atomic E-state index is 12.8. The summed E-state index contributed by atoms with van der Waals surface area (Å²) in [6.45, 7) is 7.84. The predicted octanol–water partition coefficient (Wildman–Crippen LogP) is 1.80. The predicted molar refractivity (Wildman–Crippen MR) is 105 cm³/mol. The molecule has 8 heteroatoms. The van der Waals surface area contributed by atoms with Crippen LogP contribution in [0.3, 0.4) is 0 Å². The van der Waals surface area contributed by atoms with E-state index in [0.717, 1.165) is 11.3 Å². The van der Waals surface area contributed by atoms with E-state index in [2.05, 4.69) is 17.2 Å². The Morgan fingerprint density at radius 1 is 1.32 bits per heavy atom. The van der Waals surface area contributed by atoms with E-state index >= 15 is 0 Å². The van der Waals surface area contributed by atoms with Crippen LogP contribution in [0, 0.1) is 12.8 Å². The molecule has 2 unspecified atom stereocenters. The summed E-state index contributed by atoms with van der Waals surface area (Å²) >= 11 is 0. The summed E-state index contributed by atoms with van der Waals surface area (Å²) in [4.78, 5) is 51.7. The van der Waals surface area contributed by atoms with Gasteiger partial charge in [-0.15, -0.1) is 0 Å². The van der Waals surface area contributed by atoms with Crippen molar-refractivity contribution in [3.05, 3.63) is 36.4 Å². The molecule has 2 heterocycles. The SMILES string of the molecule is C=CC(=O)N1CCCC(C(=O)Nc2cccc(N3C(=O)NC(C)C3=O)c2C)C1. The lowest BCUT2D eigenvalue weighted by atomic mass is 9.96. The first-order valence-electron chi connectivity index (χ1n) is 9.29. The molecule has 0 aromatic heterocycles. The van der Waals surface area contributed by atoms with Crippen LogP contribution in [0.5, 0.6) is 0 Å². The third-order valence-corrected chi connectivity index (χ3v) is 5.22. The highest BCUT2D eigenvalue weighted by molar-refractivity contribution is 6.21. The summed E-state index contributed by atoms with van der Waals surface area (Å²) in [5, 5.41) is 5.47. The Kier molecular flexibility index (Phi) is 5.48. The summed E-state index contributed by atoms with van der Waals surface area (Å²) in [6.07, 6.45) is 2.69. The van der Waals surface area contributed by atoms with Crippen molar-refractivity contribution >= 4 is 35.1 Å². The van der Waals surface area contributed by atoms with Gasteiger partial charge < -0.3 is 15.5 Å². The molecule has 3 rings (SSSR count). The van der Waals surface area contributed by atoms with E-state index in [4.69, 9.17) is 0 Å². The summed E-state index contributed by atoms with van der Waals surface area (Å²) in [6, 6.07) is 4.03. The lowest BCUT2D eigenvalue weighted by Crippen LogP contribution is -2.43. The Balaban J connectivity index is 1.77. The molecule has 2 atom stereocenters. The minimum Gasteiger partial charge on any atom is -0.338 e. The van der Waals surface area contributed by atoms with Crippen LogP contribution in [0.25, 0.3) is 0 Å². The zero-order valence-electron chi connectivity index (χ0n) is 16.0. The van der Waals surface area contributed by atoms with Crippen LogP contribution in [0.2, 0.25) is 0 Å². The molecule has 0 aliphatic carbocycles. The van der Waals surface area contributed by atoms with Crippen molar-refractivity contribution in [2.75, 3.05) is 23.3 Å². The minimum atomic E-state index is -0.583. The molecule has 5 amide bonds. The number of hydrogen-bond acceptors (Lipinski definition) is 4. The Morgan fingerprint density at radius 2 is 2.07 bits per heavy atom. The first-order chi connectivity index (χ1) is 13.3. The molecule has 148 valence electrons. The fourth-order valence-electron chi connectivity index (χ4n) is 3.59. The van der Waals surface area contributed by atoms with Gasteiger partial charge in [0.2, 0.25) is 11.8 Å². The fraction of sp³-hybridized carbons (Fsp3) is 0.400. The zero-order chi connectivity index (χ0) is 20.4. The van der Waals surface area contributed by atoms with E-state index in [1.54, 1.807) is 36.9 Å². The number of carbonyl (C=O) groups is 4. The third-order valence-electron chi connectivity index (χ3n) is 5.22. The van der Waals surface area contributed by atoms with Crippen molar-refractivity contribution in [2.24, 2.45) is 5.92 Å². The molecule has 1 aromatic rings. The molecule has 0 spiro atoms. The van der Waals surface area contributed by atoms with Gasteiger partial charge in [0, 0.05) is 18.8 Å². The summed E-state index contributed by atoms with van der Waals surface area (Å²) in [5.74, 6) is -1.02. The second-order valence-corrected chi connectivity index (χ2v) is 7.11. The zero-order valence-corrected chi connectivity index (χ0v) is 16.0. The minimum absolute atomic E-state index is 0.177. The molecule has 8 nitrogen and oxygen atoms in total. The number of carbonyl (C=O) groups excluding carboxylic acids is 4. The third kappa shape index (κ3) is 3.62. The highest BCUT2D eigenvalue weighted by atomic mass is 16.2. The lowest BCUT2D eigenvalue weighted by molar-refractivity contribution is -0.130. The van der Waals surface area contributed by atoms with Gasteiger partial charge in [-0.05, 0) is 50.5 Å². The molecule has 2 fully saturated rings. The van der Waals surface area contributed by atoms with E-state index in [-0.39, 0.29) is 23.6 Å². The van der Waals surface area contributed by atoms with Gasteiger partial charge in [0.15, 0.2) is 0 Å². The number of rotatable bonds is 4. The van der Waals surface area contributed by atoms with Crippen molar-refractivity contribution < 1.29 is 19.2 Å². The van der Waals surface area contributed by atoms with Gasteiger partial charge in [-0.25, -0.2) is 9.69 Å². The van der Waals surface area contributed by atoms with Crippen LogP contribution >= 0.6 is 0 Å². The Bertz CT molecular complexity index is 851. The van der Waals surface area contributed by atoms with E-state index in [0.29, 0.717) is 36.4 Å². The monoisotopic (exact) mass is 384 g/mol. The van der Waals surface area contributed by atoms with Gasteiger partial charge in [-0.3, -0.25) is 14.4 Å². The summed E-state index contributed by atoms with van der Waals surface area (Å²) in [5.41, 5.74) is 1.61. The maximum Gasteiger partial charge on any atom is 0.329 e. The van der Waals surface area contributed by atoms with Crippen LogP contribution in [-0.4, -0.2) is 47.8 Å². The molecule has 2 aliphatic rings. The molecular formula is C20H24N4O4. The molecule has 2 saturated heterocycles. The molecule has 1 aromatic carbocycles. The molecule has 0 saturated carbocycles. The number of amides is 5. The number of hydrogen-bond donors (Lipinski definition) is 2. The number of nitrogens with zero attached hydrogens (tertiary/aromatic N) is 2. The Hall–Kier alpha value is -3.16. The van der Waals surface area contributed by atoms with Gasteiger partial charge in [0.25, 0.3) is 5.91 Å². The van der Waals surface area contributed by atoms with E-state index in [9.17, 15) is 19.2 Å². The molecule has 0 bridgehead atoms. The average Bonchev–Trinajstić information content (AvgIpc) is 2.94. The van der Waals surface area contributed by atoms with Gasteiger partial charge in [0.05, 0.1) is 11.6 Å². The standard InChI is InChI=1S/C20H24N4O4/c1-4-17(25)23-10-6-7-14(11-23)18(26)22-15-8-5-9-16(12(15)2)24-19(27)13(3)21-20(24)28/h4-5,8-9,13-14H,1,6-7,10-11H2,2-3H3,(H,21,28)(H,22,26). The second kappa shape index (κ2) is 7.84. The topological polar surface area (TPSA) is 98.8 Å². The summed E-state index contributed by atoms with van der Waals surface area (Å²) in [7, 11) is 0. The second-order valence-electron chi connectivity index (χ2n) is 7.11. The quantitative estimate of drug-likeness (QED) is 0.611. The Morgan fingerprint density at radius 3 is 2.71 bits per heavy atom. The average molecular weight is 384 g/mol. The summed E-state index contributed by atoms with van der Waals surface area (Å²) < 4.78 is 0. The van der Waals surface area contributed by atoms with Crippen molar-refractivity contribution in [3.8, 4) is 0 Å². The molecular weight excluding hydrogens is 360 g/mol. The fourth-order valence-corrected chi connectivity index (χ4v) is 3.59. The van der Waals surface area contributed by atoms with Crippen molar-refractivity contribution in [3.63, 3.8) is 0 Å². The Labute approximate surface area is 163 Å². The van der Waals surface area contributed by atoms with Crippen LogP contribution in [0.15, 0.2) is 30.9 Å². The number of anilines is 2. The van der Waals surface area contributed by atoms with Gasteiger partial charge in [-0.1, -0.05) is 12.6 Å². The maximum atomic E-state index is 12.8. The van der Waals surface area contributed by atoms with Crippen LogP contribution in [0.4, 0.5) is 16.2 Å². The normalized spacial score (nSPS) is 22.1. The van der Waals surface area contributed by atoms with Crippen LogP contribution in [-0.2, 0) is 14.4 Å². The highest BCUT2D eigenvalue weighted by Crippen LogP contribution is 2.30. The van der Waals surface area contributed by atoms with Crippen LogP contribution in [0.1, 0.15) is 25.3 Å². The lowest BCUT2D eigenvalue weighted by Gasteiger charge is -2.31. The number of urea groups is 1. The van der Waals surface area contributed by atoms with Crippen molar-refractivity contribution in [1.29, 1.82) is 0 Å². The molecule has 2 N–H and O–H groups in total. The number of imide groups is 1. The van der Waals surface area contributed by atoms with Gasteiger partial charge in [0.1, 0.15) is 6.04 Å². The van der Waals surface area contributed by atoms with Crippen molar-refractivity contribution in [2.45, 2.75) is 32.7 Å². The van der Waals surface area contributed by atoms with Gasteiger partial charge in [-0.2, -0.15) is 0 Å². The molecule has 0 radical (unpaired) electrons. The van der Waals surface area contributed by atoms with E-state index in [1.165, 1.54) is 6.08 Å².